The highest BCUT2D eigenvalue weighted by Crippen LogP contribution is 2.34. The number of aromatic amines is 1. The third-order valence-electron chi connectivity index (χ3n) is 12.5. The first-order valence-electron chi connectivity index (χ1n) is 20.0. The molecule has 4 saturated heterocycles. The Bertz CT molecular complexity index is 2190. The van der Waals surface area contributed by atoms with Gasteiger partial charge < -0.3 is 25.0 Å². The van der Waals surface area contributed by atoms with E-state index in [9.17, 15) is 19.2 Å². The quantitative estimate of drug-likeness (QED) is 0.223. The van der Waals surface area contributed by atoms with Gasteiger partial charge >= 0.3 is 5.69 Å². The number of aromatic nitrogens is 4. The van der Waals surface area contributed by atoms with E-state index in [2.05, 4.69) is 32.4 Å². The molecule has 288 valence electrons. The number of imidazole rings is 1. The average molecular weight is 781 g/mol. The summed E-state index contributed by atoms with van der Waals surface area (Å²) in [6.45, 7) is 6.76. The molecule has 4 aromatic rings. The summed E-state index contributed by atoms with van der Waals surface area (Å²) in [5.74, 6) is 2.51. The van der Waals surface area contributed by atoms with Crippen LogP contribution in [0.2, 0.25) is 0 Å². The van der Waals surface area contributed by atoms with Crippen molar-refractivity contribution in [3.8, 4) is 0 Å². The number of amides is 3. The van der Waals surface area contributed by atoms with Gasteiger partial charge in [0.2, 0.25) is 0 Å². The van der Waals surface area contributed by atoms with Crippen LogP contribution >= 0.6 is 22.7 Å². The van der Waals surface area contributed by atoms with Gasteiger partial charge in [-0.2, -0.15) is 0 Å². The molecule has 0 spiro atoms. The van der Waals surface area contributed by atoms with Crippen LogP contribution in [0.25, 0.3) is 16.7 Å². The number of carbonyl (C=O) groups is 3. The Morgan fingerprint density at radius 2 is 1.55 bits per heavy atom. The van der Waals surface area contributed by atoms with Crippen molar-refractivity contribution in [3.63, 3.8) is 0 Å². The predicted molar refractivity (Wildman–Crippen MR) is 214 cm³/mol. The molecule has 14 heteroatoms. The van der Waals surface area contributed by atoms with Gasteiger partial charge in [0, 0.05) is 67.0 Å². The fourth-order valence-electron chi connectivity index (χ4n) is 8.97. The van der Waals surface area contributed by atoms with Crippen LogP contribution in [0, 0.1) is 23.7 Å². The van der Waals surface area contributed by atoms with Gasteiger partial charge in [0.15, 0.2) is 10.0 Å². The van der Waals surface area contributed by atoms with Gasteiger partial charge in [0.25, 0.3) is 17.7 Å². The first-order valence-corrected chi connectivity index (χ1v) is 21.7. The zero-order valence-electron chi connectivity index (χ0n) is 31.1. The second-order valence-electron chi connectivity index (χ2n) is 15.9. The van der Waals surface area contributed by atoms with Gasteiger partial charge in [-0.1, -0.05) is 12.2 Å². The number of nitrogens with one attached hydrogen (secondary N) is 2. The van der Waals surface area contributed by atoms with Gasteiger partial charge in [-0.05, 0) is 119 Å². The number of carbonyl (C=O) groups excluding carboxylic acids is 3. The van der Waals surface area contributed by atoms with E-state index in [1.54, 1.807) is 10.6 Å². The first kappa shape index (κ1) is 36.3. The van der Waals surface area contributed by atoms with Gasteiger partial charge in [-0.3, -0.25) is 19.0 Å². The maximum absolute atomic E-state index is 13.4. The summed E-state index contributed by atoms with van der Waals surface area (Å²) in [4.78, 5) is 71.6. The maximum atomic E-state index is 13.4. The number of aryl methyl sites for hydroxylation is 2. The monoisotopic (exact) mass is 780 g/mol. The number of rotatable bonds is 10. The summed E-state index contributed by atoms with van der Waals surface area (Å²) in [6.07, 6.45) is 16.4. The molecule has 4 fully saturated rings. The van der Waals surface area contributed by atoms with E-state index in [0.717, 1.165) is 131 Å². The number of benzene rings is 1. The molecule has 5 aliphatic rings. The summed E-state index contributed by atoms with van der Waals surface area (Å²) in [6, 6.07) is 5.48. The first-order chi connectivity index (χ1) is 26.9. The summed E-state index contributed by atoms with van der Waals surface area (Å²) in [5, 5.41) is 6.53. The summed E-state index contributed by atoms with van der Waals surface area (Å²) >= 11 is 2.94. The molecule has 2 N–H and O–H groups in total. The number of piperidine rings is 2. The number of hydrogen-bond donors (Lipinski definition) is 2. The summed E-state index contributed by atoms with van der Waals surface area (Å²) in [5.41, 5.74) is 3.65. The van der Waals surface area contributed by atoms with Gasteiger partial charge in [0.1, 0.15) is 0 Å². The lowest BCUT2D eigenvalue weighted by atomic mass is 9.79. The Labute approximate surface area is 328 Å². The van der Waals surface area contributed by atoms with E-state index in [1.165, 1.54) is 22.7 Å². The molecule has 7 heterocycles. The third-order valence-corrected chi connectivity index (χ3v) is 14.4. The normalized spacial score (nSPS) is 20.1. The molecule has 55 heavy (non-hydrogen) atoms. The average Bonchev–Trinajstić information content (AvgIpc) is 3.92. The maximum Gasteiger partial charge on any atom is 0.331 e. The molecule has 9 rings (SSSR count). The molecule has 12 nitrogen and oxygen atoms in total. The van der Waals surface area contributed by atoms with Crippen molar-refractivity contribution in [1.82, 2.24) is 39.5 Å². The summed E-state index contributed by atoms with van der Waals surface area (Å²) < 4.78 is 1.67. The molecule has 0 saturated carbocycles. The van der Waals surface area contributed by atoms with Gasteiger partial charge in [-0.25, -0.2) is 14.8 Å². The standard InChI is InChI=1S/C41H48N8O4S2/c50-38(28-9-10-35-34(19-28)45-41(53)49(35)32-6-2-1-3-7-32)48-23-30(24-48)27-13-17-46(18-14-27)39(51)36-43-22-33(55-36)8-4-5-31-25-54-37(44-31)40(52)47-15-11-26(12-16-47)29-20-42-21-29/h2,6-7,9-10,19,22,25-27,29-30,42H,1,3-5,8,11-18,20-21,23-24H2,(H,45,53). The van der Waals surface area contributed by atoms with E-state index in [1.807, 2.05) is 44.5 Å². The van der Waals surface area contributed by atoms with E-state index >= 15 is 0 Å². The van der Waals surface area contributed by atoms with Crippen molar-refractivity contribution in [2.24, 2.45) is 23.7 Å². The minimum Gasteiger partial charge on any atom is -0.338 e. The SMILES string of the molecule is O=C(c1ccc2c(c1)[nH]c(=O)n2C1=CCCC=C1)N1CC(C2CCN(C(=O)c3ncc(CCCc4csc(C(=O)N5CCC(C6CNC6)CC5)n4)s3)CC2)C1. The van der Waals surface area contributed by atoms with Crippen molar-refractivity contribution in [2.75, 3.05) is 52.4 Å². The smallest absolute Gasteiger partial charge is 0.331 e. The zero-order chi connectivity index (χ0) is 37.5. The Hall–Kier alpha value is -4.40. The van der Waals surface area contributed by atoms with Crippen LogP contribution in [-0.2, 0) is 12.8 Å². The van der Waals surface area contributed by atoms with E-state index < -0.39 is 0 Å². The molecule has 0 atom stereocenters. The fourth-order valence-corrected chi connectivity index (χ4v) is 10.7. The fraction of sp³-hybridized carbons (Fsp3) is 0.512. The molecule has 0 bridgehead atoms. The number of thiazole rings is 2. The molecule has 0 radical (unpaired) electrons. The highest BCUT2D eigenvalue weighted by molar-refractivity contribution is 7.13. The van der Waals surface area contributed by atoms with Crippen LogP contribution in [-0.4, -0.2) is 104 Å². The van der Waals surface area contributed by atoms with E-state index in [4.69, 9.17) is 0 Å². The van der Waals surface area contributed by atoms with Crippen LogP contribution < -0.4 is 11.0 Å². The largest absolute Gasteiger partial charge is 0.338 e. The summed E-state index contributed by atoms with van der Waals surface area (Å²) in [7, 11) is 0. The topological polar surface area (TPSA) is 137 Å². The Morgan fingerprint density at radius 1 is 0.818 bits per heavy atom. The number of H-pyrrole nitrogens is 1. The van der Waals surface area contributed by atoms with Crippen LogP contribution in [0.3, 0.4) is 0 Å². The number of likely N-dealkylation sites (tertiary alicyclic amines) is 3. The van der Waals surface area contributed by atoms with Crippen molar-refractivity contribution >= 4 is 57.1 Å². The van der Waals surface area contributed by atoms with Crippen LogP contribution in [0.15, 0.2) is 52.8 Å². The second kappa shape index (κ2) is 15.6. The number of nitrogens with zero attached hydrogens (tertiary/aromatic N) is 6. The van der Waals surface area contributed by atoms with Crippen LogP contribution in [0.1, 0.15) is 85.5 Å². The number of allylic oxidation sites excluding steroid dienone is 4. The second-order valence-corrected chi connectivity index (χ2v) is 17.9. The highest BCUT2D eigenvalue weighted by atomic mass is 32.1. The van der Waals surface area contributed by atoms with Crippen LogP contribution in [0.4, 0.5) is 0 Å². The van der Waals surface area contributed by atoms with E-state index in [0.29, 0.717) is 46.0 Å². The number of fused-ring (bicyclic) bond motifs is 1. The van der Waals surface area contributed by atoms with Crippen molar-refractivity contribution in [1.29, 1.82) is 0 Å². The lowest BCUT2D eigenvalue weighted by molar-refractivity contribution is 0.0228. The third kappa shape index (κ3) is 7.48. The number of hydrogen-bond acceptors (Lipinski definition) is 9. The van der Waals surface area contributed by atoms with Gasteiger partial charge in [0.05, 0.1) is 16.7 Å². The molecule has 0 unspecified atom stereocenters. The molecule has 1 aliphatic carbocycles. The molecule has 4 aliphatic heterocycles. The minimum absolute atomic E-state index is 0.00854. The molecule has 3 aromatic heterocycles. The molecule has 3 amide bonds. The highest BCUT2D eigenvalue weighted by Gasteiger charge is 2.39. The van der Waals surface area contributed by atoms with Crippen molar-refractivity contribution in [3.05, 3.63) is 84.6 Å². The van der Waals surface area contributed by atoms with Crippen molar-refractivity contribution in [2.45, 2.75) is 57.8 Å². The Balaban J connectivity index is 0.702. The predicted octanol–water partition coefficient (Wildman–Crippen LogP) is 5.30. The van der Waals surface area contributed by atoms with Crippen LogP contribution in [0.5, 0.6) is 0 Å². The molecule has 1 aromatic carbocycles. The molecular weight excluding hydrogens is 733 g/mol. The minimum atomic E-state index is -0.198. The van der Waals surface area contributed by atoms with Gasteiger partial charge in [-0.15, -0.1) is 22.7 Å². The lowest BCUT2D eigenvalue weighted by Crippen LogP contribution is -2.54. The Kier molecular flexibility index (Phi) is 10.3. The van der Waals surface area contributed by atoms with Crippen molar-refractivity contribution < 1.29 is 14.4 Å². The Morgan fingerprint density at radius 3 is 2.24 bits per heavy atom. The van der Waals surface area contributed by atoms with E-state index in [-0.39, 0.29) is 23.4 Å². The zero-order valence-corrected chi connectivity index (χ0v) is 32.7. The lowest BCUT2D eigenvalue weighted by Gasteiger charge is -2.46. The molecular formula is C41H48N8O4S2.